The maximum atomic E-state index is 12.9. The summed E-state index contributed by atoms with van der Waals surface area (Å²) in [6, 6.07) is 4.53. The van der Waals surface area contributed by atoms with Gasteiger partial charge in [-0.1, -0.05) is 13.8 Å². The van der Waals surface area contributed by atoms with E-state index < -0.39 is 10.0 Å². The average Bonchev–Trinajstić information content (AvgIpc) is 2.77. The summed E-state index contributed by atoms with van der Waals surface area (Å²) in [5, 5.41) is 0. The van der Waals surface area contributed by atoms with Gasteiger partial charge in [-0.15, -0.1) is 0 Å². The van der Waals surface area contributed by atoms with Gasteiger partial charge in [0.1, 0.15) is 0 Å². The fourth-order valence-corrected chi connectivity index (χ4v) is 4.54. The summed E-state index contributed by atoms with van der Waals surface area (Å²) >= 11 is 0. The Bertz CT molecular complexity index is 944. The first-order valence-electron chi connectivity index (χ1n) is 8.30. The minimum Gasteiger partial charge on any atom is -0.341 e. The van der Waals surface area contributed by atoms with E-state index in [2.05, 4.69) is 9.97 Å². The largest absolute Gasteiger partial charge is 0.341 e. The van der Waals surface area contributed by atoms with E-state index in [0.717, 1.165) is 0 Å². The Morgan fingerprint density at radius 2 is 1.80 bits per heavy atom. The van der Waals surface area contributed by atoms with Crippen LogP contribution in [0.15, 0.2) is 27.9 Å². The molecule has 0 atom stereocenters. The molecule has 1 amide bonds. The lowest BCUT2D eigenvalue weighted by Gasteiger charge is -2.23. The van der Waals surface area contributed by atoms with Gasteiger partial charge in [-0.2, -0.15) is 4.31 Å². The van der Waals surface area contributed by atoms with Crippen molar-refractivity contribution in [2.75, 3.05) is 26.2 Å². The molecule has 1 aromatic heterocycles. The maximum Gasteiger partial charge on any atom is 0.323 e. The summed E-state index contributed by atoms with van der Waals surface area (Å²) in [6.45, 7) is 5.27. The Morgan fingerprint density at radius 1 is 1.08 bits per heavy atom. The van der Waals surface area contributed by atoms with Crippen molar-refractivity contribution in [3.8, 4) is 0 Å². The summed E-state index contributed by atoms with van der Waals surface area (Å²) in [7, 11) is -3.68. The molecule has 9 heteroatoms. The molecule has 1 aliphatic heterocycles. The number of amides is 1. The minimum absolute atomic E-state index is 0.0468. The van der Waals surface area contributed by atoms with Gasteiger partial charge in [0.05, 0.1) is 15.9 Å². The van der Waals surface area contributed by atoms with Crippen LogP contribution in [0.5, 0.6) is 0 Å². The monoisotopic (exact) mass is 366 g/mol. The van der Waals surface area contributed by atoms with Crippen molar-refractivity contribution in [3.63, 3.8) is 0 Å². The summed E-state index contributed by atoms with van der Waals surface area (Å²) in [4.78, 5) is 30.5. The van der Waals surface area contributed by atoms with Crippen molar-refractivity contribution in [1.82, 2.24) is 19.2 Å². The van der Waals surface area contributed by atoms with Crippen LogP contribution in [-0.2, 0) is 14.8 Å². The maximum absolute atomic E-state index is 12.9. The highest BCUT2D eigenvalue weighted by Crippen LogP contribution is 2.21. The second kappa shape index (κ2) is 6.64. The van der Waals surface area contributed by atoms with Gasteiger partial charge in [0, 0.05) is 32.1 Å². The number of benzene rings is 1. The van der Waals surface area contributed by atoms with E-state index in [0.29, 0.717) is 37.1 Å². The summed E-state index contributed by atoms with van der Waals surface area (Å²) < 4.78 is 27.3. The Morgan fingerprint density at radius 3 is 2.52 bits per heavy atom. The molecular formula is C16H22N4O4S. The number of nitrogens with one attached hydrogen (secondary N) is 2. The third-order valence-electron chi connectivity index (χ3n) is 4.39. The van der Waals surface area contributed by atoms with Crippen LogP contribution >= 0.6 is 0 Å². The highest BCUT2D eigenvalue weighted by molar-refractivity contribution is 7.89. The fourth-order valence-electron chi connectivity index (χ4n) is 3.04. The number of carbonyl (C=O) groups excluding carboxylic acids is 1. The van der Waals surface area contributed by atoms with Gasteiger partial charge >= 0.3 is 5.69 Å². The number of sulfonamides is 1. The molecule has 1 fully saturated rings. The van der Waals surface area contributed by atoms with E-state index in [1.54, 1.807) is 11.0 Å². The van der Waals surface area contributed by atoms with Gasteiger partial charge in [0.25, 0.3) is 0 Å². The lowest BCUT2D eigenvalue weighted by molar-refractivity contribution is -0.134. The van der Waals surface area contributed by atoms with E-state index in [4.69, 9.17) is 0 Å². The minimum atomic E-state index is -3.68. The molecule has 0 radical (unpaired) electrons. The van der Waals surface area contributed by atoms with Crippen molar-refractivity contribution in [1.29, 1.82) is 0 Å². The molecule has 3 rings (SSSR count). The van der Waals surface area contributed by atoms with E-state index in [-0.39, 0.29) is 29.0 Å². The first-order chi connectivity index (χ1) is 11.8. The van der Waals surface area contributed by atoms with Crippen molar-refractivity contribution in [3.05, 3.63) is 28.7 Å². The number of rotatable bonds is 3. The molecule has 0 spiro atoms. The molecule has 0 unspecified atom stereocenters. The molecule has 0 saturated carbocycles. The third-order valence-corrected chi connectivity index (χ3v) is 6.28. The number of nitrogens with zero attached hydrogens (tertiary/aromatic N) is 2. The Hall–Kier alpha value is -2.13. The number of hydrogen-bond donors (Lipinski definition) is 2. The highest BCUT2D eigenvalue weighted by atomic mass is 32.2. The van der Waals surface area contributed by atoms with Crippen molar-refractivity contribution in [2.45, 2.75) is 25.2 Å². The average molecular weight is 366 g/mol. The van der Waals surface area contributed by atoms with E-state index in [1.165, 1.54) is 16.4 Å². The second-order valence-corrected chi connectivity index (χ2v) is 8.46. The van der Waals surface area contributed by atoms with Gasteiger partial charge in [-0.25, -0.2) is 13.2 Å². The van der Waals surface area contributed by atoms with Crippen LogP contribution in [0, 0.1) is 5.92 Å². The van der Waals surface area contributed by atoms with Gasteiger partial charge in [-0.05, 0) is 24.6 Å². The number of aromatic amines is 2. The van der Waals surface area contributed by atoms with Crippen LogP contribution in [0.2, 0.25) is 0 Å². The van der Waals surface area contributed by atoms with Crippen molar-refractivity contribution >= 4 is 27.0 Å². The molecule has 2 aromatic rings. The molecule has 2 heterocycles. The Balaban J connectivity index is 1.83. The van der Waals surface area contributed by atoms with Crippen LogP contribution in [0.3, 0.4) is 0 Å². The van der Waals surface area contributed by atoms with E-state index in [1.807, 2.05) is 13.8 Å². The first kappa shape index (κ1) is 17.7. The zero-order valence-electron chi connectivity index (χ0n) is 14.3. The van der Waals surface area contributed by atoms with Crippen LogP contribution in [0.1, 0.15) is 20.3 Å². The van der Waals surface area contributed by atoms with Crippen LogP contribution in [0.25, 0.3) is 11.0 Å². The summed E-state index contributed by atoms with van der Waals surface area (Å²) in [5.74, 6) is -0.0541. The summed E-state index contributed by atoms with van der Waals surface area (Å²) in [6.07, 6.45) is 0.598. The normalized spacial score (nSPS) is 17.2. The molecule has 136 valence electrons. The number of imidazole rings is 1. The van der Waals surface area contributed by atoms with Crippen LogP contribution in [-0.4, -0.2) is 59.7 Å². The van der Waals surface area contributed by atoms with Gasteiger partial charge < -0.3 is 14.9 Å². The molecule has 1 saturated heterocycles. The van der Waals surface area contributed by atoms with E-state index >= 15 is 0 Å². The lowest BCUT2D eigenvalue weighted by atomic mass is 10.2. The topological polar surface area (TPSA) is 106 Å². The zero-order valence-corrected chi connectivity index (χ0v) is 15.1. The fraction of sp³-hybridized carbons (Fsp3) is 0.500. The highest BCUT2D eigenvalue weighted by Gasteiger charge is 2.29. The molecule has 2 N–H and O–H groups in total. The predicted octanol–water partition coefficient (Wildman–Crippen LogP) is 0.735. The number of carbonyl (C=O) groups is 1. The molecule has 0 aliphatic carbocycles. The van der Waals surface area contributed by atoms with Crippen LogP contribution in [0.4, 0.5) is 0 Å². The molecular weight excluding hydrogens is 344 g/mol. The molecule has 0 bridgehead atoms. The SMILES string of the molecule is CC(C)C(=O)N1CCCN(S(=O)(=O)c2ccc3[nH]c(=O)[nH]c3c2)CC1. The summed E-state index contributed by atoms with van der Waals surface area (Å²) in [5.41, 5.74) is 0.646. The quantitative estimate of drug-likeness (QED) is 0.835. The molecule has 8 nitrogen and oxygen atoms in total. The Labute approximate surface area is 145 Å². The molecule has 25 heavy (non-hydrogen) atoms. The lowest BCUT2D eigenvalue weighted by Crippen LogP contribution is -2.38. The van der Waals surface area contributed by atoms with E-state index in [9.17, 15) is 18.0 Å². The number of H-pyrrole nitrogens is 2. The van der Waals surface area contributed by atoms with Crippen molar-refractivity contribution in [2.24, 2.45) is 5.92 Å². The second-order valence-electron chi connectivity index (χ2n) is 6.52. The van der Waals surface area contributed by atoms with Crippen molar-refractivity contribution < 1.29 is 13.2 Å². The first-order valence-corrected chi connectivity index (χ1v) is 9.74. The smallest absolute Gasteiger partial charge is 0.323 e. The predicted molar refractivity (Wildman–Crippen MR) is 93.7 cm³/mol. The molecule has 1 aromatic carbocycles. The van der Waals surface area contributed by atoms with Gasteiger partial charge in [-0.3, -0.25) is 4.79 Å². The van der Waals surface area contributed by atoms with Gasteiger partial charge in [0.15, 0.2) is 0 Å². The Kier molecular flexibility index (Phi) is 4.70. The standard InChI is InChI=1S/C16H22N4O4S/c1-11(2)15(21)19-6-3-7-20(9-8-19)25(23,24)12-4-5-13-14(10-12)18-16(22)17-13/h4-5,10-11H,3,6-9H2,1-2H3,(H2,17,18,22). The third kappa shape index (κ3) is 3.47. The number of hydrogen-bond acceptors (Lipinski definition) is 4. The van der Waals surface area contributed by atoms with Gasteiger partial charge in [0.2, 0.25) is 15.9 Å². The van der Waals surface area contributed by atoms with Crippen LogP contribution < -0.4 is 5.69 Å². The number of aromatic nitrogens is 2. The number of fused-ring (bicyclic) bond motifs is 1. The zero-order chi connectivity index (χ0) is 18.2. The molecule has 1 aliphatic rings.